The summed E-state index contributed by atoms with van der Waals surface area (Å²) < 4.78 is 3.00. The first kappa shape index (κ1) is 30.6. The molecule has 0 fully saturated rings. The van der Waals surface area contributed by atoms with Crippen LogP contribution < -0.4 is 30.2 Å². The normalized spacial score (nSPS) is 11.5. The number of anilines is 1. The number of para-hydroxylation sites is 1. The molecular weight excluding hydrogens is 575 g/mol. The van der Waals surface area contributed by atoms with Gasteiger partial charge in [0.25, 0.3) is 0 Å². The molecule has 0 bridgehead atoms. The van der Waals surface area contributed by atoms with E-state index in [4.69, 9.17) is 0 Å². The van der Waals surface area contributed by atoms with Gasteiger partial charge in [-0.15, -0.1) is 0 Å². The van der Waals surface area contributed by atoms with E-state index in [2.05, 4.69) is 191 Å². The Morgan fingerprint density at radius 2 is 0.667 bits per heavy atom. The van der Waals surface area contributed by atoms with E-state index in [1.54, 1.807) is 0 Å². The molecule has 0 unspecified atom stereocenters. The third kappa shape index (κ3) is 5.41. The molecule has 0 spiro atoms. The van der Waals surface area contributed by atoms with Gasteiger partial charge in [-0.3, -0.25) is 0 Å². The number of hydrogen-bond donors (Lipinski definition) is 0. The molecular formula is C42H42NSi2. The van der Waals surface area contributed by atoms with Crippen LogP contribution in [0.25, 0.3) is 0 Å². The Hall–Kier alpha value is -4.45. The molecule has 6 aromatic rings. The largest absolute Gasteiger partial charge is 0.407 e. The van der Waals surface area contributed by atoms with Gasteiger partial charge in [-0.2, -0.15) is 0 Å². The van der Waals surface area contributed by atoms with Gasteiger partial charge < -0.3 is 4.23 Å². The molecule has 223 valence electrons. The van der Waals surface area contributed by atoms with Gasteiger partial charge in [0.2, 0.25) is 17.2 Å². The van der Waals surface area contributed by atoms with Crippen LogP contribution in [0.5, 0.6) is 0 Å². The van der Waals surface area contributed by atoms with Crippen molar-refractivity contribution in [2.24, 2.45) is 0 Å². The summed E-state index contributed by atoms with van der Waals surface area (Å²) in [5, 5.41) is 7.21. The first-order chi connectivity index (χ1) is 21.9. The van der Waals surface area contributed by atoms with Crippen molar-refractivity contribution in [2.75, 3.05) is 4.23 Å². The Morgan fingerprint density at radius 3 is 1.02 bits per heavy atom. The second kappa shape index (κ2) is 12.9. The average Bonchev–Trinajstić information content (AvgIpc) is 3.04. The fourth-order valence-corrected chi connectivity index (χ4v) is 18.1. The third-order valence-electron chi connectivity index (χ3n) is 9.32. The zero-order valence-corrected chi connectivity index (χ0v) is 29.3. The minimum absolute atomic E-state index is 1.30. The second-order valence-corrected chi connectivity index (χ2v) is 18.4. The Balaban J connectivity index is 1.92. The van der Waals surface area contributed by atoms with E-state index in [1.165, 1.54) is 65.0 Å². The van der Waals surface area contributed by atoms with Crippen LogP contribution in [0.15, 0.2) is 146 Å². The van der Waals surface area contributed by atoms with Crippen LogP contribution in [0.2, 0.25) is 0 Å². The van der Waals surface area contributed by atoms with E-state index in [0.29, 0.717) is 0 Å². The predicted molar refractivity (Wildman–Crippen MR) is 199 cm³/mol. The molecule has 1 nitrogen and oxygen atoms in total. The molecule has 0 heterocycles. The maximum absolute atomic E-state index is 3.06. The molecule has 0 aromatic heterocycles. The predicted octanol–water partition coefficient (Wildman–Crippen LogP) is 6.82. The van der Waals surface area contributed by atoms with Crippen LogP contribution in [0.4, 0.5) is 5.69 Å². The maximum Gasteiger partial charge on any atom is 0.246 e. The summed E-state index contributed by atoms with van der Waals surface area (Å²) in [7, 11) is -4.68. The quantitative estimate of drug-likeness (QED) is 0.134. The molecule has 0 N–H and O–H groups in total. The molecule has 0 saturated heterocycles. The number of benzene rings is 6. The molecule has 0 amide bonds. The molecule has 0 aliphatic carbocycles. The summed E-state index contributed by atoms with van der Waals surface area (Å²) >= 11 is 0. The standard InChI is InChI=1S/C42H42NSi2/c1-31-19-7-13-25-37(31)43(44(38-26-14-8-20-32(38)2)39-27-15-9-21-33(39)3)45(40-28-16-10-22-34(40)4,41-29-17-11-23-35(41)5)42-30-18-12-24-36(42)6/h7-30H,1-6H3. The van der Waals surface area contributed by atoms with Crippen LogP contribution >= 0.6 is 0 Å². The van der Waals surface area contributed by atoms with Crippen LogP contribution in [0, 0.1) is 41.5 Å². The SMILES string of the molecule is Cc1ccccc1N([Si](c1ccccc1C)c1ccccc1C)[Si](c1ccccc1C)(c1ccccc1C)c1ccccc1C. The summed E-state index contributed by atoms with van der Waals surface area (Å²) in [6.07, 6.45) is 0. The van der Waals surface area contributed by atoms with Crippen LogP contribution in [0.3, 0.4) is 0 Å². The van der Waals surface area contributed by atoms with E-state index >= 15 is 0 Å². The van der Waals surface area contributed by atoms with Crippen molar-refractivity contribution in [1.82, 2.24) is 0 Å². The van der Waals surface area contributed by atoms with Crippen molar-refractivity contribution in [3.05, 3.63) is 179 Å². The van der Waals surface area contributed by atoms with Gasteiger partial charge in [-0.05, 0) is 107 Å². The Kier molecular flexibility index (Phi) is 8.75. The smallest absolute Gasteiger partial charge is 0.246 e. The fraction of sp³-hybridized carbons (Fsp3) is 0.143. The Labute approximate surface area is 272 Å². The van der Waals surface area contributed by atoms with Gasteiger partial charge in [-0.25, -0.2) is 0 Å². The van der Waals surface area contributed by atoms with Gasteiger partial charge in [-0.1, -0.05) is 140 Å². The van der Waals surface area contributed by atoms with E-state index < -0.39 is 17.2 Å². The van der Waals surface area contributed by atoms with Gasteiger partial charge in [0.05, 0.1) is 0 Å². The highest BCUT2D eigenvalue weighted by Gasteiger charge is 2.52. The summed E-state index contributed by atoms with van der Waals surface area (Å²) in [5.74, 6) is 0. The molecule has 3 heteroatoms. The molecule has 0 saturated carbocycles. The number of hydrogen-bond acceptors (Lipinski definition) is 1. The zero-order chi connectivity index (χ0) is 31.6. The lowest BCUT2D eigenvalue weighted by atomic mass is 10.2. The highest BCUT2D eigenvalue weighted by molar-refractivity contribution is 7.21. The molecule has 0 aliphatic rings. The third-order valence-corrected chi connectivity index (χ3v) is 18.8. The molecule has 0 aliphatic heterocycles. The summed E-state index contributed by atoms with van der Waals surface area (Å²) in [5.41, 5.74) is 9.32. The lowest BCUT2D eigenvalue weighted by Crippen LogP contribution is -2.84. The zero-order valence-electron chi connectivity index (χ0n) is 27.3. The lowest BCUT2D eigenvalue weighted by molar-refractivity contribution is 1.35. The van der Waals surface area contributed by atoms with E-state index in [1.807, 2.05) is 0 Å². The van der Waals surface area contributed by atoms with Crippen molar-refractivity contribution >= 4 is 48.8 Å². The van der Waals surface area contributed by atoms with Gasteiger partial charge in [0, 0.05) is 5.69 Å². The van der Waals surface area contributed by atoms with Crippen LogP contribution in [-0.2, 0) is 0 Å². The van der Waals surface area contributed by atoms with Gasteiger partial charge in [0.15, 0.2) is 0 Å². The number of nitrogens with zero attached hydrogens (tertiary/aromatic N) is 1. The van der Waals surface area contributed by atoms with Gasteiger partial charge in [0.1, 0.15) is 0 Å². The Morgan fingerprint density at radius 1 is 0.356 bits per heavy atom. The highest BCUT2D eigenvalue weighted by Crippen LogP contribution is 2.30. The van der Waals surface area contributed by atoms with Crippen LogP contribution in [0.1, 0.15) is 33.4 Å². The average molecular weight is 617 g/mol. The van der Waals surface area contributed by atoms with Crippen LogP contribution in [-0.4, -0.2) is 17.2 Å². The molecule has 45 heavy (non-hydrogen) atoms. The minimum atomic E-state index is -3.06. The fourth-order valence-electron chi connectivity index (χ4n) is 7.08. The second-order valence-electron chi connectivity index (χ2n) is 12.3. The molecule has 6 rings (SSSR count). The summed E-state index contributed by atoms with van der Waals surface area (Å²) in [4.78, 5) is 0. The first-order valence-electron chi connectivity index (χ1n) is 15.9. The molecule has 1 radical (unpaired) electrons. The van der Waals surface area contributed by atoms with E-state index in [9.17, 15) is 0 Å². The topological polar surface area (TPSA) is 3.24 Å². The minimum Gasteiger partial charge on any atom is -0.407 e. The van der Waals surface area contributed by atoms with Crippen molar-refractivity contribution in [3.8, 4) is 0 Å². The first-order valence-corrected chi connectivity index (χ1v) is 19.3. The summed E-state index contributed by atoms with van der Waals surface area (Å²) in [6, 6.07) is 54.9. The number of aryl methyl sites for hydroxylation is 6. The lowest BCUT2D eigenvalue weighted by Gasteiger charge is -2.51. The van der Waals surface area contributed by atoms with Gasteiger partial charge >= 0.3 is 0 Å². The van der Waals surface area contributed by atoms with Crippen molar-refractivity contribution < 1.29 is 0 Å². The van der Waals surface area contributed by atoms with E-state index in [-0.39, 0.29) is 0 Å². The molecule has 0 atom stereocenters. The Bertz CT molecular complexity index is 1800. The summed E-state index contributed by atoms with van der Waals surface area (Å²) in [6.45, 7) is 13.8. The van der Waals surface area contributed by atoms with Crippen molar-refractivity contribution in [2.45, 2.75) is 41.5 Å². The maximum atomic E-state index is 3.00. The van der Waals surface area contributed by atoms with Crippen molar-refractivity contribution in [1.29, 1.82) is 0 Å². The highest BCUT2D eigenvalue weighted by atomic mass is 28.4. The van der Waals surface area contributed by atoms with E-state index in [0.717, 1.165) is 0 Å². The number of rotatable bonds is 8. The molecule has 6 aromatic carbocycles. The monoisotopic (exact) mass is 616 g/mol. The van der Waals surface area contributed by atoms with Crippen molar-refractivity contribution in [3.63, 3.8) is 0 Å².